The average molecular weight is 294 g/mol. The van der Waals surface area contributed by atoms with E-state index in [0.29, 0.717) is 11.6 Å². The normalized spacial score (nSPS) is 20.6. The predicted molar refractivity (Wildman–Crippen MR) is 85.2 cm³/mol. The molecule has 1 aromatic carbocycles. The van der Waals surface area contributed by atoms with Crippen molar-refractivity contribution in [2.45, 2.75) is 51.6 Å². The quantitative estimate of drug-likeness (QED) is 0.860. The van der Waals surface area contributed by atoms with Gasteiger partial charge in [0.25, 0.3) is 0 Å². The number of nitrogens with two attached hydrogens (primary N) is 1. The maximum atomic E-state index is 13.7. The fourth-order valence-electron chi connectivity index (χ4n) is 3.03. The molecule has 2 N–H and O–H groups in total. The van der Waals surface area contributed by atoms with Crippen LogP contribution in [-0.2, 0) is 6.54 Å². The molecule has 0 spiro atoms. The summed E-state index contributed by atoms with van der Waals surface area (Å²) in [4.78, 5) is 2.74. The van der Waals surface area contributed by atoms with E-state index in [9.17, 15) is 4.39 Å². The van der Waals surface area contributed by atoms with Gasteiger partial charge in [0.2, 0.25) is 0 Å². The van der Waals surface area contributed by atoms with Gasteiger partial charge in [-0.2, -0.15) is 0 Å². The minimum Gasteiger partial charge on any atom is -0.389 e. The first-order valence-electron chi connectivity index (χ1n) is 7.43. The van der Waals surface area contributed by atoms with Gasteiger partial charge in [0.1, 0.15) is 10.8 Å². The molecule has 1 aliphatic heterocycles. The topological polar surface area (TPSA) is 29.3 Å². The molecule has 1 saturated heterocycles. The first-order valence-corrected chi connectivity index (χ1v) is 7.84. The van der Waals surface area contributed by atoms with E-state index < -0.39 is 0 Å². The molecule has 20 heavy (non-hydrogen) atoms. The van der Waals surface area contributed by atoms with Gasteiger partial charge < -0.3 is 5.73 Å². The van der Waals surface area contributed by atoms with E-state index in [1.54, 1.807) is 6.07 Å². The van der Waals surface area contributed by atoms with Crippen molar-refractivity contribution >= 4 is 17.2 Å². The third kappa shape index (κ3) is 4.00. The van der Waals surface area contributed by atoms with Crippen molar-refractivity contribution in [2.75, 3.05) is 6.54 Å². The Labute approximate surface area is 126 Å². The van der Waals surface area contributed by atoms with Gasteiger partial charge in [0.05, 0.1) is 0 Å². The van der Waals surface area contributed by atoms with Crippen LogP contribution in [0.25, 0.3) is 0 Å². The highest BCUT2D eigenvalue weighted by atomic mass is 32.1. The van der Waals surface area contributed by atoms with Gasteiger partial charge in [-0.1, -0.05) is 32.0 Å². The van der Waals surface area contributed by atoms with Crippen molar-refractivity contribution < 1.29 is 4.39 Å². The maximum absolute atomic E-state index is 13.7. The van der Waals surface area contributed by atoms with Crippen molar-refractivity contribution in [1.82, 2.24) is 4.90 Å². The van der Waals surface area contributed by atoms with Gasteiger partial charge in [-0.25, -0.2) is 4.39 Å². The number of nitrogens with zero attached hydrogens (tertiary/aromatic N) is 1. The summed E-state index contributed by atoms with van der Waals surface area (Å²) in [6.07, 6.45) is 6.23. The average Bonchev–Trinajstić information content (AvgIpc) is 2.63. The zero-order valence-electron chi connectivity index (χ0n) is 12.1. The van der Waals surface area contributed by atoms with E-state index >= 15 is 0 Å². The zero-order valence-corrected chi connectivity index (χ0v) is 12.9. The van der Waals surface area contributed by atoms with Crippen LogP contribution in [0.15, 0.2) is 18.2 Å². The van der Waals surface area contributed by atoms with E-state index in [4.69, 9.17) is 18.0 Å². The number of rotatable bonds is 4. The second kappa shape index (κ2) is 7.14. The molecular weight excluding hydrogens is 271 g/mol. The van der Waals surface area contributed by atoms with Gasteiger partial charge in [-0.15, -0.1) is 0 Å². The molecule has 2 nitrogen and oxygen atoms in total. The molecule has 0 saturated carbocycles. The lowest BCUT2D eigenvalue weighted by Crippen LogP contribution is -2.33. The van der Waals surface area contributed by atoms with Gasteiger partial charge in [0, 0.05) is 18.2 Å². The Morgan fingerprint density at radius 2 is 2.15 bits per heavy atom. The summed E-state index contributed by atoms with van der Waals surface area (Å²) in [5, 5.41) is 0. The fourth-order valence-corrected chi connectivity index (χ4v) is 3.14. The second-order valence-electron chi connectivity index (χ2n) is 5.59. The summed E-state index contributed by atoms with van der Waals surface area (Å²) in [7, 11) is 0. The van der Waals surface area contributed by atoms with Crippen LogP contribution in [0.1, 0.15) is 50.2 Å². The number of hydrogen-bond donors (Lipinski definition) is 1. The Morgan fingerprint density at radius 1 is 1.35 bits per heavy atom. The number of thiocarbonyl (C=S) groups is 1. The largest absolute Gasteiger partial charge is 0.389 e. The smallest absolute Gasteiger partial charge is 0.124 e. The van der Waals surface area contributed by atoms with E-state index in [-0.39, 0.29) is 10.8 Å². The zero-order chi connectivity index (χ0) is 14.5. The van der Waals surface area contributed by atoms with Crippen molar-refractivity contribution in [3.8, 4) is 0 Å². The summed E-state index contributed by atoms with van der Waals surface area (Å²) in [5.41, 5.74) is 7.20. The Balaban J connectivity index is 2.16. The molecule has 1 atom stereocenters. The van der Waals surface area contributed by atoms with Crippen LogP contribution in [0.4, 0.5) is 4.39 Å². The minimum absolute atomic E-state index is 0.256. The molecule has 0 amide bonds. The molecule has 0 bridgehead atoms. The van der Waals surface area contributed by atoms with Gasteiger partial charge >= 0.3 is 0 Å². The lowest BCUT2D eigenvalue weighted by molar-refractivity contribution is 0.186. The first-order chi connectivity index (χ1) is 9.60. The number of likely N-dealkylation sites (tertiary alicyclic amines) is 1. The highest BCUT2D eigenvalue weighted by Gasteiger charge is 2.19. The van der Waals surface area contributed by atoms with E-state index in [1.165, 1.54) is 31.7 Å². The standard InChI is InChI=1S/C16H23FN2S/c1-2-15-6-4-3-5-7-19(15)11-12-8-13(16(18)20)10-14(17)9-12/h8-10,15H,2-7,11H2,1H3,(H2,18,20). The Kier molecular flexibility index (Phi) is 5.49. The molecule has 1 unspecified atom stereocenters. The molecule has 1 fully saturated rings. The molecule has 1 aliphatic rings. The molecule has 0 radical (unpaired) electrons. The summed E-state index contributed by atoms with van der Waals surface area (Å²) < 4.78 is 13.7. The van der Waals surface area contributed by atoms with Gasteiger partial charge in [0.15, 0.2) is 0 Å². The Morgan fingerprint density at radius 3 is 2.85 bits per heavy atom. The van der Waals surface area contributed by atoms with Crippen LogP contribution in [0, 0.1) is 5.82 Å². The molecule has 0 aliphatic carbocycles. The number of halogens is 1. The van der Waals surface area contributed by atoms with Crippen LogP contribution < -0.4 is 5.73 Å². The summed E-state index contributed by atoms with van der Waals surface area (Å²) in [6, 6.07) is 5.53. The van der Waals surface area contributed by atoms with Crippen molar-refractivity contribution in [3.63, 3.8) is 0 Å². The highest BCUT2D eigenvalue weighted by molar-refractivity contribution is 7.80. The van der Waals surface area contributed by atoms with Crippen molar-refractivity contribution in [3.05, 3.63) is 35.1 Å². The fraction of sp³-hybridized carbons (Fsp3) is 0.562. The number of benzene rings is 1. The van der Waals surface area contributed by atoms with Crippen LogP contribution >= 0.6 is 12.2 Å². The molecule has 110 valence electrons. The summed E-state index contributed by atoms with van der Waals surface area (Å²) >= 11 is 4.95. The number of hydrogen-bond acceptors (Lipinski definition) is 2. The minimum atomic E-state index is -0.256. The van der Waals surface area contributed by atoms with Gasteiger partial charge in [-0.05, 0) is 49.6 Å². The Bertz CT molecular complexity index is 476. The van der Waals surface area contributed by atoms with E-state index in [2.05, 4.69) is 11.8 Å². The first kappa shape index (κ1) is 15.4. The molecule has 0 aromatic heterocycles. The molecule has 2 rings (SSSR count). The second-order valence-corrected chi connectivity index (χ2v) is 6.03. The SMILES string of the molecule is CCC1CCCCCN1Cc1cc(F)cc(C(N)=S)c1. The highest BCUT2D eigenvalue weighted by Crippen LogP contribution is 2.22. The Hall–Kier alpha value is -1.00. The predicted octanol–water partition coefficient (Wildman–Crippen LogP) is 3.61. The molecular formula is C16H23FN2S. The third-order valence-corrected chi connectivity index (χ3v) is 4.33. The van der Waals surface area contributed by atoms with Crippen LogP contribution in [0.5, 0.6) is 0 Å². The molecule has 1 heterocycles. The lowest BCUT2D eigenvalue weighted by atomic mass is 10.1. The van der Waals surface area contributed by atoms with Gasteiger partial charge in [-0.3, -0.25) is 4.90 Å². The third-order valence-electron chi connectivity index (χ3n) is 4.10. The molecule has 4 heteroatoms. The van der Waals surface area contributed by atoms with E-state index in [0.717, 1.165) is 25.1 Å². The van der Waals surface area contributed by atoms with Crippen molar-refractivity contribution in [2.24, 2.45) is 5.73 Å². The van der Waals surface area contributed by atoms with Crippen LogP contribution in [0.3, 0.4) is 0 Å². The molecule has 1 aromatic rings. The summed E-state index contributed by atoms with van der Waals surface area (Å²) in [6.45, 7) is 4.11. The van der Waals surface area contributed by atoms with E-state index in [1.807, 2.05) is 6.07 Å². The maximum Gasteiger partial charge on any atom is 0.124 e. The lowest BCUT2D eigenvalue weighted by Gasteiger charge is -2.29. The van der Waals surface area contributed by atoms with Crippen LogP contribution in [0.2, 0.25) is 0 Å². The van der Waals surface area contributed by atoms with Crippen LogP contribution in [-0.4, -0.2) is 22.5 Å². The summed E-state index contributed by atoms with van der Waals surface area (Å²) in [5.74, 6) is -0.256. The van der Waals surface area contributed by atoms with Crippen molar-refractivity contribution in [1.29, 1.82) is 0 Å². The monoisotopic (exact) mass is 294 g/mol.